The van der Waals surface area contributed by atoms with Crippen LogP contribution in [0.1, 0.15) is 6.92 Å². The van der Waals surface area contributed by atoms with Gasteiger partial charge >= 0.3 is 23.1 Å². The first-order valence-electron chi connectivity index (χ1n) is 14.0. The molecule has 4 aromatic carbocycles. The van der Waals surface area contributed by atoms with Crippen LogP contribution >= 0.6 is 31.9 Å². The summed E-state index contributed by atoms with van der Waals surface area (Å²) in [6, 6.07) is 32.5. The molecule has 0 radical (unpaired) electrons. The van der Waals surface area contributed by atoms with Crippen molar-refractivity contribution in [1.29, 1.82) is 0 Å². The van der Waals surface area contributed by atoms with E-state index in [2.05, 4.69) is 77.4 Å². The van der Waals surface area contributed by atoms with Gasteiger partial charge in [0.2, 0.25) is 0 Å². The summed E-state index contributed by atoms with van der Waals surface area (Å²) in [5, 5.41) is 12.9. The Kier molecular flexibility index (Phi) is 11.5. The molecule has 0 amide bonds. The average Bonchev–Trinajstić information content (AvgIpc) is 3.52. The number of hydrogen-bond donors (Lipinski definition) is 1. The predicted octanol–water partition coefficient (Wildman–Crippen LogP) is 5.32. The monoisotopic (exact) mass is 816 g/mol. The van der Waals surface area contributed by atoms with Crippen LogP contribution in [0.3, 0.4) is 0 Å². The summed E-state index contributed by atoms with van der Waals surface area (Å²) in [6.07, 6.45) is 0. The third kappa shape index (κ3) is 7.12. The van der Waals surface area contributed by atoms with Crippen LogP contribution in [0.5, 0.6) is 11.5 Å². The number of carbonyl (C=O) groups is 1. The first kappa shape index (κ1) is 36.2. The second-order valence-corrected chi connectivity index (χ2v) is 13.1. The molecule has 2 aliphatic heterocycles. The quantitative estimate of drug-likeness (QED) is 0.167. The summed E-state index contributed by atoms with van der Waals surface area (Å²) >= 11 is 7.05. The van der Waals surface area contributed by atoms with Crippen molar-refractivity contribution in [2.75, 3.05) is 13.2 Å². The molecule has 4 heterocycles. The summed E-state index contributed by atoms with van der Waals surface area (Å²) < 4.78 is 17.8. The zero-order valence-corrected chi connectivity index (χ0v) is 31.6. The number of hydrogen-bond acceptors (Lipinski definition) is 4. The molecule has 2 aliphatic rings. The maximum absolute atomic E-state index is 12.1. The summed E-state index contributed by atoms with van der Waals surface area (Å²) in [5.74, 6) is 1.62. The number of para-hydroxylation sites is 2. The van der Waals surface area contributed by atoms with E-state index in [0.717, 1.165) is 59.4 Å². The number of carbonyl (C=O) groups excluding carboxylic acids is 1. The molecule has 0 bridgehead atoms. The summed E-state index contributed by atoms with van der Waals surface area (Å²) in [6.45, 7) is 3.04. The third-order valence-electron chi connectivity index (χ3n) is 7.82. The van der Waals surface area contributed by atoms with E-state index in [0.29, 0.717) is 13.1 Å². The van der Waals surface area contributed by atoms with Crippen molar-refractivity contribution in [2.24, 2.45) is 0 Å². The van der Waals surface area contributed by atoms with Gasteiger partial charge in [0.1, 0.15) is 30.3 Å². The Morgan fingerprint density at radius 2 is 1.24 bits per heavy atom. The zero-order chi connectivity index (χ0) is 29.7. The van der Waals surface area contributed by atoms with E-state index in [-0.39, 0.29) is 66.5 Å². The maximum atomic E-state index is 12.1. The van der Waals surface area contributed by atoms with Crippen LogP contribution in [0.25, 0.3) is 44.3 Å². The minimum absolute atomic E-state index is 0. The van der Waals surface area contributed by atoms with Gasteiger partial charge in [-0.05, 0) is 67.6 Å². The van der Waals surface area contributed by atoms with Gasteiger partial charge in [-0.2, -0.15) is 0 Å². The van der Waals surface area contributed by atoms with E-state index < -0.39 is 5.60 Å². The number of ether oxygens (including phenoxy) is 2. The van der Waals surface area contributed by atoms with Crippen LogP contribution in [0.4, 0.5) is 0 Å². The number of nitrogens with zero attached hydrogens (tertiary/aromatic N) is 2. The number of halogens is 3. The number of ketones is 1. The molecule has 6 aromatic rings. The number of Topliss-reactive ketones (excluding diaryl/α,β-unsaturated/α-hetero) is 1. The minimum atomic E-state index is -0.915. The van der Waals surface area contributed by atoms with Gasteiger partial charge in [-0.1, -0.05) is 68.3 Å². The Bertz CT molecular complexity index is 2040. The van der Waals surface area contributed by atoms with Gasteiger partial charge < -0.3 is 48.1 Å². The third-order valence-corrected chi connectivity index (χ3v) is 8.80. The van der Waals surface area contributed by atoms with Crippen molar-refractivity contribution < 1.29 is 36.4 Å². The summed E-state index contributed by atoms with van der Waals surface area (Å²) in [4.78, 5) is 12.1. The molecule has 2 aromatic heterocycles. The molecule has 0 aliphatic carbocycles. The summed E-state index contributed by atoms with van der Waals surface area (Å²) in [5.41, 5.74) is 5.42. The Morgan fingerprint density at radius 1 is 0.739 bits per heavy atom. The van der Waals surface area contributed by atoms with E-state index >= 15 is 0 Å². The van der Waals surface area contributed by atoms with Crippen molar-refractivity contribution in [2.45, 2.75) is 25.6 Å². The van der Waals surface area contributed by atoms with Gasteiger partial charge in [-0.3, -0.25) is 4.79 Å². The zero-order valence-electron chi connectivity index (χ0n) is 25.5. The fraction of sp³-hybridized carbons (Fsp3) is 0.167. The van der Waals surface area contributed by atoms with Crippen molar-refractivity contribution >= 4 is 82.5 Å². The SMILES string of the molecule is CC1(O)COc2ccc(Br)cc2-c2cc3ccccc3n2C1.O=C1COc2ccc(Br)cc2-c2cc3ccccc3n2C1.[Br-].[CH3-].[Mg+2]. The fourth-order valence-electron chi connectivity index (χ4n) is 5.86. The molecule has 232 valence electrons. The smallest absolute Gasteiger partial charge is 1.00 e. The Hall–Kier alpha value is -2.60. The van der Waals surface area contributed by atoms with Gasteiger partial charge in [0.15, 0.2) is 5.78 Å². The molecule has 1 unspecified atom stereocenters. The van der Waals surface area contributed by atoms with E-state index in [1.807, 2.05) is 67.6 Å². The van der Waals surface area contributed by atoms with Gasteiger partial charge in [0.25, 0.3) is 0 Å². The van der Waals surface area contributed by atoms with E-state index in [1.165, 1.54) is 5.39 Å². The molecule has 0 saturated carbocycles. The molecule has 0 spiro atoms. The Labute approximate surface area is 311 Å². The van der Waals surface area contributed by atoms with Crippen LogP contribution in [0.2, 0.25) is 0 Å². The van der Waals surface area contributed by atoms with Crippen LogP contribution < -0.4 is 26.5 Å². The van der Waals surface area contributed by atoms with Gasteiger partial charge in [0.05, 0.1) is 24.5 Å². The molecule has 1 N–H and O–H groups in total. The van der Waals surface area contributed by atoms with Gasteiger partial charge in [-0.25, -0.2) is 0 Å². The molecule has 6 nitrogen and oxygen atoms in total. The largest absolute Gasteiger partial charge is 2.00 e. The Morgan fingerprint density at radius 3 is 1.83 bits per heavy atom. The molecule has 0 fully saturated rings. The van der Waals surface area contributed by atoms with Crippen LogP contribution in [0.15, 0.2) is 106 Å². The summed E-state index contributed by atoms with van der Waals surface area (Å²) in [7, 11) is 0. The minimum Gasteiger partial charge on any atom is -1.00 e. The van der Waals surface area contributed by atoms with Crippen LogP contribution in [0, 0.1) is 7.43 Å². The number of fused-ring (bicyclic) bond motifs is 10. The van der Waals surface area contributed by atoms with E-state index in [1.54, 1.807) is 0 Å². The van der Waals surface area contributed by atoms with Crippen molar-refractivity contribution in [3.05, 3.63) is 113 Å². The van der Waals surface area contributed by atoms with E-state index in [4.69, 9.17) is 9.47 Å². The number of aromatic nitrogens is 2. The topological polar surface area (TPSA) is 65.6 Å². The molecule has 1 atom stereocenters. The van der Waals surface area contributed by atoms with Crippen LogP contribution in [-0.4, -0.2) is 61.9 Å². The first-order chi connectivity index (χ1) is 20.8. The normalized spacial score (nSPS) is 16.3. The molecule has 10 heteroatoms. The first-order valence-corrected chi connectivity index (χ1v) is 15.6. The second kappa shape index (κ2) is 14.7. The van der Waals surface area contributed by atoms with Gasteiger partial charge in [-0.15, -0.1) is 0 Å². The number of rotatable bonds is 0. The second-order valence-electron chi connectivity index (χ2n) is 11.2. The molecule has 8 rings (SSSR count). The standard InChI is InChI=1S/C18H16BrNO2.C17H12BrNO2.CH3.BrH.Mg/c1-18(21)10-20-15-5-3-2-4-12(15)8-16(20)14-9-13(19)6-7-17(14)22-11-18;18-12-5-6-17-14(8-12)16-7-11-3-1-2-4-15(11)19(16)9-13(20)10-21-17;;;/h2-9,21H,10-11H2,1H3;1-8H,9-10H2;1H3;1H;/q;;-1;;+2/p-1. The fourth-order valence-corrected chi connectivity index (χ4v) is 6.59. The Balaban J connectivity index is 0.000000196. The average molecular weight is 820 g/mol. The van der Waals surface area contributed by atoms with Crippen LogP contribution in [-0.2, 0) is 17.9 Å². The van der Waals surface area contributed by atoms with Gasteiger partial charge in [0, 0.05) is 41.9 Å². The predicted molar refractivity (Wildman–Crippen MR) is 189 cm³/mol. The number of aliphatic hydroxyl groups is 1. The molecular formula is C36H31Br3MgN2O4. The van der Waals surface area contributed by atoms with Crippen molar-refractivity contribution in [3.63, 3.8) is 0 Å². The maximum Gasteiger partial charge on any atom is 2.00 e. The van der Waals surface area contributed by atoms with Crippen molar-refractivity contribution in [3.8, 4) is 34.0 Å². The molecular weight excluding hydrogens is 788 g/mol. The number of benzene rings is 4. The van der Waals surface area contributed by atoms with Crippen molar-refractivity contribution in [1.82, 2.24) is 9.13 Å². The van der Waals surface area contributed by atoms with E-state index in [9.17, 15) is 9.90 Å². The molecule has 0 saturated heterocycles. The molecule has 46 heavy (non-hydrogen) atoms.